The molecule has 1 aliphatic carbocycles. The normalized spacial score (nSPS) is 25.1. The van der Waals surface area contributed by atoms with Crippen molar-refractivity contribution in [2.24, 2.45) is 5.73 Å². The SMILES string of the molecule is NC(=S)C1(NS(=O)(=O)C2CCOCC2)CCCCC1. The molecule has 0 amide bonds. The van der Waals surface area contributed by atoms with Crippen LogP contribution in [0, 0.1) is 0 Å². The lowest BCUT2D eigenvalue weighted by Gasteiger charge is -2.38. The van der Waals surface area contributed by atoms with Crippen molar-refractivity contribution in [3.63, 3.8) is 0 Å². The Hall–Kier alpha value is -0.240. The molecule has 0 spiro atoms. The molecule has 2 fully saturated rings. The van der Waals surface area contributed by atoms with E-state index in [1.165, 1.54) is 0 Å². The van der Waals surface area contributed by atoms with E-state index in [0.717, 1.165) is 19.3 Å². The molecule has 1 saturated heterocycles. The highest BCUT2D eigenvalue weighted by Gasteiger charge is 2.41. The monoisotopic (exact) mass is 306 g/mol. The highest BCUT2D eigenvalue weighted by Crippen LogP contribution is 2.30. The van der Waals surface area contributed by atoms with Crippen LogP contribution in [0.2, 0.25) is 0 Å². The average Bonchev–Trinajstić information content (AvgIpc) is 2.40. The second kappa shape index (κ2) is 6.03. The van der Waals surface area contributed by atoms with Crippen molar-refractivity contribution >= 4 is 27.2 Å². The lowest BCUT2D eigenvalue weighted by atomic mass is 9.82. The Morgan fingerprint density at radius 3 is 2.32 bits per heavy atom. The van der Waals surface area contributed by atoms with E-state index >= 15 is 0 Å². The third-order valence-electron chi connectivity index (χ3n) is 4.12. The van der Waals surface area contributed by atoms with E-state index in [1.54, 1.807) is 0 Å². The van der Waals surface area contributed by atoms with Crippen molar-refractivity contribution in [1.29, 1.82) is 0 Å². The van der Waals surface area contributed by atoms with Crippen LogP contribution in [0.4, 0.5) is 0 Å². The van der Waals surface area contributed by atoms with Gasteiger partial charge in [0.2, 0.25) is 10.0 Å². The summed E-state index contributed by atoms with van der Waals surface area (Å²) in [5.41, 5.74) is 5.12. The Balaban J connectivity index is 2.13. The Labute approximate surface area is 120 Å². The molecule has 1 saturated carbocycles. The highest BCUT2D eigenvalue weighted by atomic mass is 32.2. The second-order valence-corrected chi connectivity index (χ2v) is 7.87. The summed E-state index contributed by atoms with van der Waals surface area (Å²) in [7, 11) is -3.38. The van der Waals surface area contributed by atoms with Crippen molar-refractivity contribution < 1.29 is 13.2 Å². The summed E-state index contributed by atoms with van der Waals surface area (Å²) in [6.07, 6.45) is 5.56. The number of sulfonamides is 1. The predicted octanol–water partition coefficient (Wildman–Crippen LogP) is 1.07. The maximum atomic E-state index is 12.5. The van der Waals surface area contributed by atoms with Gasteiger partial charge in [-0.3, -0.25) is 0 Å². The maximum Gasteiger partial charge on any atom is 0.215 e. The van der Waals surface area contributed by atoms with Gasteiger partial charge in [0.25, 0.3) is 0 Å². The van der Waals surface area contributed by atoms with Gasteiger partial charge in [0.15, 0.2) is 0 Å². The highest BCUT2D eigenvalue weighted by molar-refractivity contribution is 7.90. The molecule has 0 radical (unpaired) electrons. The minimum Gasteiger partial charge on any atom is -0.392 e. The summed E-state index contributed by atoms with van der Waals surface area (Å²) in [6, 6.07) is 0. The van der Waals surface area contributed by atoms with Gasteiger partial charge >= 0.3 is 0 Å². The fourth-order valence-corrected chi connectivity index (χ4v) is 5.05. The zero-order chi connectivity index (χ0) is 13.9. The van der Waals surface area contributed by atoms with Crippen LogP contribution in [0.3, 0.4) is 0 Å². The third kappa shape index (κ3) is 3.45. The summed E-state index contributed by atoms with van der Waals surface area (Å²) in [6.45, 7) is 1.01. The number of thiocarbonyl (C=S) groups is 1. The molecule has 1 aliphatic heterocycles. The molecule has 19 heavy (non-hydrogen) atoms. The van der Waals surface area contributed by atoms with Crippen molar-refractivity contribution in [2.75, 3.05) is 13.2 Å². The fraction of sp³-hybridized carbons (Fsp3) is 0.917. The number of nitrogens with two attached hydrogens (primary N) is 1. The van der Waals surface area contributed by atoms with E-state index in [0.29, 0.717) is 38.9 Å². The zero-order valence-electron chi connectivity index (χ0n) is 11.1. The number of rotatable bonds is 4. The zero-order valence-corrected chi connectivity index (χ0v) is 12.7. The molecule has 0 aromatic heterocycles. The molecular formula is C12H22N2O3S2. The molecule has 0 atom stereocenters. The van der Waals surface area contributed by atoms with Crippen LogP contribution in [0.5, 0.6) is 0 Å². The summed E-state index contributed by atoms with van der Waals surface area (Å²) >= 11 is 5.12. The van der Waals surface area contributed by atoms with Gasteiger partial charge in [0.1, 0.15) is 0 Å². The van der Waals surface area contributed by atoms with Crippen LogP contribution in [-0.2, 0) is 14.8 Å². The standard InChI is InChI=1S/C12H22N2O3S2/c13-11(18)12(6-2-1-3-7-12)14-19(15,16)10-4-8-17-9-5-10/h10,14H,1-9H2,(H2,13,18). The molecule has 7 heteroatoms. The second-order valence-electron chi connectivity index (χ2n) is 5.47. The smallest absolute Gasteiger partial charge is 0.215 e. The van der Waals surface area contributed by atoms with Crippen LogP contribution in [0.25, 0.3) is 0 Å². The summed E-state index contributed by atoms with van der Waals surface area (Å²) in [5.74, 6) is 0. The molecule has 3 N–H and O–H groups in total. The van der Waals surface area contributed by atoms with Crippen LogP contribution >= 0.6 is 12.2 Å². The average molecular weight is 306 g/mol. The van der Waals surface area contributed by atoms with Crippen LogP contribution in [0.1, 0.15) is 44.9 Å². The Morgan fingerprint density at radius 1 is 1.21 bits per heavy atom. The molecule has 0 unspecified atom stereocenters. The molecular weight excluding hydrogens is 284 g/mol. The topological polar surface area (TPSA) is 81.4 Å². The lowest BCUT2D eigenvalue weighted by Crippen LogP contribution is -2.59. The van der Waals surface area contributed by atoms with E-state index in [2.05, 4.69) is 4.72 Å². The van der Waals surface area contributed by atoms with Gasteiger partial charge in [-0.2, -0.15) is 0 Å². The lowest BCUT2D eigenvalue weighted by molar-refractivity contribution is 0.0979. The van der Waals surface area contributed by atoms with Gasteiger partial charge in [-0.15, -0.1) is 0 Å². The first-order chi connectivity index (χ1) is 8.96. The summed E-state index contributed by atoms with van der Waals surface area (Å²) in [4.78, 5) is 0.280. The minimum absolute atomic E-state index is 0.280. The van der Waals surface area contributed by atoms with Gasteiger partial charge in [0, 0.05) is 13.2 Å². The summed E-state index contributed by atoms with van der Waals surface area (Å²) in [5, 5.41) is -0.380. The van der Waals surface area contributed by atoms with Crippen molar-refractivity contribution in [3.05, 3.63) is 0 Å². The quantitative estimate of drug-likeness (QED) is 0.759. The van der Waals surface area contributed by atoms with Crippen molar-refractivity contribution in [2.45, 2.75) is 55.7 Å². The van der Waals surface area contributed by atoms with Crippen molar-refractivity contribution in [1.82, 2.24) is 4.72 Å². The number of nitrogens with one attached hydrogen (secondary N) is 1. The van der Waals surface area contributed by atoms with Crippen molar-refractivity contribution in [3.8, 4) is 0 Å². The van der Waals surface area contributed by atoms with Gasteiger partial charge < -0.3 is 10.5 Å². The van der Waals surface area contributed by atoms with E-state index in [9.17, 15) is 8.42 Å². The Kier molecular flexibility index (Phi) is 4.81. The molecule has 1 heterocycles. The molecule has 0 aromatic carbocycles. The van der Waals surface area contributed by atoms with E-state index < -0.39 is 15.6 Å². The van der Waals surface area contributed by atoms with E-state index in [1.807, 2.05) is 0 Å². The molecule has 2 aliphatic rings. The molecule has 0 aromatic rings. The van der Waals surface area contributed by atoms with Gasteiger partial charge in [0.05, 0.1) is 15.8 Å². The van der Waals surface area contributed by atoms with E-state index in [-0.39, 0.29) is 10.2 Å². The number of hydrogen-bond donors (Lipinski definition) is 2. The first-order valence-corrected chi connectivity index (χ1v) is 8.82. The number of hydrogen-bond acceptors (Lipinski definition) is 4. The first kappa shape index (κ1) is 15.2. The van der Waals surface area contributed by atoms with E-state index in [4.69, 9.17) is 22.7 Å². The van der Waals surface area contributed by atoms with Crippen LogP contribution in [0.15, 0.2) is 0 Å². The van der Waals surface area contributed by atoms with Gasteiger partial charge in [-0.1, -0.05) is 31.5 Å². The Morgan fingerprint density at radius 2 is 1.79 bits per heavy atom. The Bertz CT molecular complexity index is 424. The summed E-state index contributed by atoms with van der Waals surface area (Å²) < 4.78 is 33.0. The molecule has 0 bridgehead atoms. The third-order valence-corrected chi connectivity index (χ3v) is 6.54. The van der Waals surface area contributed by atoms with Gasteiger partial charge in [-0.25, -0.2) is 13.1 Å². The fourth-order valence-electron chi connectivity index (χ4n) is 2.90. The molecule has 2 rings (SSSR count). The van der Waals surface area contributed by atoms with Crippen LogP contribution < -0.4 is 10.5 Å². The maximum absolute atomic E-state index is 12.5. The van der Waals surface area contributed by atoms with Gasteiger partial charge in [-0.05, 0) is 25.7 Å². The number of ether oxygens (including phenoxy) is 1. The molecule has 110 valence electrons. The minimum atomic E-state index is -3.38. The first-order valence-electron chi connectivity index (χ1n) is 6.87. The molecule has 5 nitrogen and oxygen atoms in total. The largest absolute Gasteiger partial charge is 0.392 e. The van der Waals surface area contributed by atoms with Crippen LogP contribution in [-0.4, -0.2) is 37.4 Å². The predicted molar refractivity (Wildman–Crippen MR) is 78.5 cm³/mol.